The van der Waals surface area contributed by atoms with Crippen molar-refractivity contribution >= 4 is 34.1 Å². The van der Waals surface area contributed by atoms with Gasteiger partial charge in [-0.3, -0.25) is 0 Å². The number of nitrogens with zero attached hydrogens (tertiary/aromatic N) is 1. The monoisotopic (exact) mass is 938 g/mol. The third kappa shape index (κ3) is 12.8. The summed E-state index contributed by atoms with van der Waals surface area (Å²) >= 11 is 0. The standard InChI is InChI=1S/C29H50N2.C18BF15/c1-3-5-7-9-11-13-15-17-19-21-26-23-28-29(31-25-30-28)24-27(26)22-20-18-16-14-12-10-8-6-4-2;20-4-1(5(21)11(27)16(32)10(4)26)19(2-6(22)12(28)17(33)13(29)7(2)23)3-8(24)14(30)18(34)15(31)9(3)25/h23-25H,3-22H2,1-2H3,(H,30,31);. The summed E-state index contributed by atoms with van der Waals surface area (Å²) in [5.74, 6) is -45.2. The Balaban J connectivity index is 0.000000286. The van der Waals surface area contributed by atoms with Crippen LogP contribution in [0.4, 0.5) is 65.9 Å². The van der Waals surface area contributed by atoms with Gasteiger partial charge in [-0.25, -0.2) is 70.8 Å². The van der Waals surface area contributed by atoms with Gasteiger partial charge >= 0.3 is 0 Å². The molecular weight excluding hydrogens is 888 g/mol. The number of rotatable bonds is 23. The summed E-state index contributed by atoms with van der Waals surface area (Å²) in [6.07, 6.45) is 29.5. The molecule has 0 unspecified atom stereocenters. The summed E-state index contributed by atoms with van der Waals surface area (Å²) in [6, 6.07) is 4.75. The molecule has 5 rings (SSSR count). The van der Waals surface area contributed by atoms with Gasteiger partial charge in [-0.2, -0.15) is 0 Å². The number of unbranched alkanes of at least 4 members (excludes halogenated alkanes) is 16. The van der Waals surface area contributed by atoms with Gasteiger partial charge in [0.15, 0.2) is 87.3 Å². The first kappa shape index (κ1) is 53.0. The molecule has 0 atom stereocenters. The Kier molecular flexibility index (Phi) is 20.6. The average molecular weight is 939 g/mol. The van der Waals surface area contributed by atoms with Gasteiger partial charge in [-0.1, -0.05) is 117 Å². The number of aromatic amines is 1. The van der Waals surface area contributed by atoms with Crippen LogP contribution in [0, 0.1) is 87.3 Å². The highest BCUT2D eigenvalue weighted by Gasteiger charge is 2.45. The Morgan fingerprint density at radius 3 is 0.923 bits per heavy atom. The van der Waals surface area contributed by atoms with Gasteiger partial charge in [0.1, 0.15) is 0 Å². The number of hydrogen-bond acceptors (Lipinski definition) is 1. The maximum absolute atomic E-state index is 14.4. The van der Waals surface area contributed by atoms with Crippen molar-refractivity contribution in [1.82, 2.24) is 9.97 Å². The Morgan fingerprint density at radius 1 is 0.354 bits per heavy atom. The van der Waals surface area contributed by atoms with E-state index in [2.05, 4.69) is 35.9 Å². The Bertz CT molecular complexity index is 2060. The minimum atomic E-state index is -3.96. The third-order valence-corrected chi connectivity index (χ3v) is 11.4. The fourth-order valence-electron chi connectivity index (χ4n) is 7.85. The molecule has 18 heteroatoms. The molecule has 4 aromatic carbocycles. The maximum atomic E-state index is 14.4. The van der Waals surface area contributed by atoms with Gasteiger partial charge in [0.2, 0.25) is 0 Å². The van der Waals surface area contributed by atoms with Crippen molar-refractivity contribution in [1.29, 1.82) is 0 Å². The zero-order valence-electron chi connectivity index (χ0n) is 36.1. The molecule has 1 N–H and O–H groups in total. The minimum absolute atomic E-state index is 1.14. The SMILES string of the molecule is CCCCCCCCCCCc1cc2nc[nH]c2cc1CCCCCCCCCCC.Fc1c(F)c(F)c(B(c2c(F)c(F)c(F)c(F)c2F)c2c(F)c(F)c(F)c(F)c2F)c(F)c1F. The van der Waals surface area contributed by atoms with Gasteiger partial charge in [-0.15, -0.1) is 0 Å². The van der Waals surface area contributed by atoms with Crippen molar-refractivity contribution in [2.75, 3.05) is 0 Å². The Hall–Kier alpha value is -4.64. The predicted molar refractivity (Wildman–Crippen MR) is 221 cm³/mol. The van der Waals surface area contributed by atoms with E-state index >= 15 is 0 Å². The van der Waals surface area contributed by atoms with Crippen molar-refractivity contribution in [3.8, 4) is 0 Å². The van der Waals surface area contributed by atoms with Gasteiger partial charge in [-0.05, 0) is 48.9 Å². The number of aromatic nitrogens is 2. The van der Waals surface area contributed by atoms with E-state index in [0.717, 1.165) is 5.52 Å². The van der Waals surface area contributed by atoms with Crippen molar-refractivity contribution in [3.63, 3.8) is 0 Å². The average Bonchev–Trinajstić information content (AvgIpc) is 3.76. The summed E-state index contributed by atoms with van der Waals surface area (Å²) in [4.78, 5) is 7.83. The smallest absolute Gasteiger partial charge is 0.265 e. The van der Waals surface area contributed by atoms with E-state index in [4.69, 9.17) is 0 Å². The normalized spacial score (nSPS) is 11.5. The molecule has 0 saturated carbocycles. The molecule has 2 nitrogen and oxygen atoms in total. The number of fused-ring (bicyclic) bond motifs is 1. The first-order valence-electron chi connectivity index (χ1n) is 22.0. The highest BCUT2D eigenvalue weighted by atomic mass is 19.2. The molecular formula is C47H50BF15N2. The van der Waals surface area contributed by atoms with E-state index < -0.39 is 110 Å². The van der Waals surface area contributed by atoms with E-state index in [1.54, 1.807) is 11.1 Å². The fourth-order valence-corrected chi connectivity index (χ4v) is 7.85. The van der Waals surface area contributed by atoms with E-state index in [1.165, 1.54) is 134 Å². The van der Waals surface area contributed by atoms with Crippen LogP contribution in [0.1, 0.15) is 141 Å². The topological polar surface area (TPSA) is 28.7 Å². The number of halogens is 15. The third-order valence-electron chi connectivity index (χ3n) is 11.4. The Morgan fingerprint density at radius 2 is 0.615 bits per heavy atom. The first-order chi connectivity index (χ1) is 31.0. The van der Waals surface area contributed by atoms with Gasteiger partial charge < -0.3 is 4.98 Å². The molecule has 5 aromatic rings. The van der Waals surface area contributed by atoms with Crippen LogP contribution in [0.3, 0.4) is 0 Å². The van der Waals surface area contributed by atoms with Crippen molar-refractivity contribution in [3.05, 3.63) is 117 Å². The van der Waals surface area contributed by atoms with Crippen LogP contribution in [-0.2, 0) is 12.8 Å². The second kappa shape index (κ2) is 25.3. The molecule has 65 heavy (non-hydrogen) atoms. The second-order valence-corrected chi connectivity index (χ2v) is 16.1. The number of hydrogen-bond donors (Lipinski definition) is 1. The molecule has 0 aliphatic heterocycles. The van der Waals surface area contributed by atoms with Crippen molar-refractivity contribution < 1.29 is 65.9 Å². The van der Waals surface area contributed by atoms with Gasteiger partial charge in [0.25, 0.3) is 6.71 Å². The molecule has 0 aliphatic rings. The second-order valence-electron chi connectivity index (χ2n) is 16.1. The maximum Gasteiger partial charge on any atom is 0.265 e. The largest absolute Gasteiger partial charge is 0.345 e. The van der Waals surface area contributed by atoms with E-state index in [9.17, 15) is 65.9 Å². The lowest BCUT2D eigenvalue weighted by Crippen LogP contribution is -2.60. The molecule has 0 fully saturated rings. The van der Waals surface area contributed by atoms with Gasteiger partial charge in [0, 0.05) is 16.4 Å². The van der Waals surface area contributed by atoms with Crippen LogP contribution in [0.5, 0.6) is 0 Å². The number of H-pyrrole nitrogens is 1. The fraction of sp³-hybridized carbons (Fsp3) is 0.468. The van der Waals surface area contributed by atoms with E-state index in [1.807, 2.05) is 6.33 Å². The molecule has 0 radical (unpaired) electrons. The zero-order chi connectivity index (χ0) is 48.0. The first-order valence-corrected chi connectivity index (χ1v) is 22.0. The Labute approximate surface area is 368 Å². The highest BCUT2D eigenvalue weighted by molar-refractivity contribution is 6.95. The highest BCUT2D eigenvalue weighted by Crippen LogP contribution is 2.25. The predicted octanol–water partition coefficient (Wildman–Crippen LogP) is 14.0. The lowest BCUT2D eigenvalue weighted by Gasteiger charge is -2.21. The zero-order valence-corrected chi connectivity index (χ0v) is 36.1. The lowest BCUT2D eigenvalue weighted by atomic mass is 9.36. The van der Waals surface area contributed by atoms with Crippen LogP contribution in [0.15, 0.2) is 18.5 Å². The number of imidazole rings is 1. The molecule has 0 saturated heterocycles. The van der Waals surface area contributed by atoms with Crippen LogP contribution < -0.4 is 16.4 Å². The summed E-state index contributed by atoms with van der Waals surface area (Å²) in [5.41, 5.74) is -2.56. The molecule has 0 aliphatic carbocycles. The van der Waals surface area contributed by atoms with E-state index in [0.29, 0.717) is 0 Å². The molecule has 0 spiro atoms. The number of nitrogens with one attached hydrogen (secondary N) is 1. The van der Waals surface area contributed by atoms with Crippen molar-refractivity contribution in [2.24, 2.45) is 0 Å². The molecule has 0 amide bonds. The lowest BCUT2D eigenvalue weighted by molar-refractivity contribution is 0.380. The molecule has 356 valence electrons. The summed E-state index contributed by atoms with van der Waals surface area (Å²) in [7, 11) is 0. The summed E-state index contributed by atoms with van der Waals surface area (Å²) in [6.45, 7) is 0.632. The van der Waals surface area contributed by atoms with Crippen molar-refractivity contribution in [2.45, 2.75) is 142 Å². The van der Waals surface area contributed by atoms with Crippen LogP contribution in [0.2, 0.25) is 0 Å². The van der Waals surface area contributed by atoms with Crippen LogP contribution in [0.25, 0.3) is 11.0 Å². The summed E-state index contributed by atoms with van der Waals surface area (Å²) < 4.78 is 209. The summed E-state index contributed by atoms with van der Waals surface area (Å²) in [5, 5.41) is 0. The molecule has 0 bridgehead atoms. The number of aryl methyl sites for hydroxylation is 2. The molecule has 1 aromatic heterocycles. The van der Waals surface area contributed by atoms with E-state index in [-0.39, 0.29) is 0 Å². The van der Waals surface area contributed by atoms with Crippen LogP contribution >= 0.6 is 0 Å². The van der Waals surface area contributed by atoms with Crippen LogP contribution in [-0.4, -0.2) is 16.7 Å². The quantitative estimate of drug-likeness (QED) is 0.0228. The molecule has 1 heterocycles. The minimum Gasteiger partial charge on any atom is -0.345 e. The number of benzene rings is 4. The van der Waals surface area contributed by atoms with Gasteiger partial charge in [0.05, 0.1) is 17.4 Å².